The zero-order valence-electron chi connectivity index (χ0n) is 18.5. The average Bonchev–Trinajstić information content (AvgIpc) is 2.67. The molecular formula is C22H32FIN4O2S. The minimum Gasteiger partial charge on any atom is -0.357 e. The van der Waals surface area contributed by atoms with Crippen molar-refractivity contribution < 1.29 is 12.8 Å². The summed E-state index contributed by atoms with van der Waals surface area (Å²) in [5.41, 5.74) is 2.74. The van der Waals surface area contributed by atoms with E-state index in [1.54, 1.807) is 31.2 Å². The van der Waals surface area contributed by atoms with E-state index in [9.17, 15) is 12.8 Å². The molecule has 0 aliphatic rings. The maximum Gasteiger partial charge on any atom is 0.191 e. The topological polar surface area (TPSA) is 73.8 Å². The first kappa shape index (κ1) is 27.3. The van der Waals surface area contributed by atoms with E-state index in [1.807, 2.05) is 20.0 Å². The molecule has 0 aromatic heterocycles. The highest BCUT2D eigenvalue weighted by atomic mass is 127. The number of hydrogen-bond acceptors (Lipinski definition) is 4. The molecule has 0 saturated carbocycles. The Morgan fingerprint density at radius 1 is 1.10 bits per heavy atom. The summed E-state index contributed by atoms with van der Waals surface area (Å²) in [5.74, 6) is 0.480. The van der Waals surface area contributed by atoms with Crippen LogP contribution < -0.4 is 10.6 Å². The molecule has 9 heteroatoms. The molecule has 0 amide bonds. The van der Waals surface area contributed by atoms with Gasteiger partial charge < -0.3 is 15.5 Å². The lowest BCUT2D eigenvalue weighted by molar-refractivity contribution is 0.331. The van der Waals surface area contributed by atoms with Gasteiger partial charge in [-0.1, -0.05) is 24.3 Å². The maximum absolute atomic E-state index is 13.0. The summed E-state index contributed by atoms with van der Waals surface area (Å²) in [6.07, 6.45) is 1.22. The molecule has 172 valence electrons. The average molecular weight is 562 g/mol. The van der Waals surface area contributed by atoms with Gasteiger partial charge in [-0.25, -0.2) is 17.8 Å². The SMILES string of the molecule is CCNC(=NCc1ccc(S(C)(=O)=O)c(C)c1)NCCN(C)Cc1ccc(F)cc1.I. The lowest BCUT2D eigenvalue weighted by Gasteiger charge is -2.18. The number of rotatable bonds is 9. The van der Waals surface area contributed by atoms with Crippen molar-refractivity contribution in [3.05, 3.63) is 65.0 Å². The molecule has 0 saturated heterocycles. The molecule has 0 aliphatic heterocycles. The maximum atomic E-state index is 13.0. The third-order valence-electron chi connectivity index (χ3n) is 4.55. The molecule has 2 aromatic carbocycles. The first-order chi connectivity index (χ1) is 14.2. The van der Waals surface area contributed by atoms with Crippen LogP contribution in [-0.4, -0.2) is 52.2 Å². The van der Waals surface area contributed by atoms with E-state index in [4.69, 9.17) is 0 Å². The quantitative estimate of drug-likeness (QED) is 0.279. The summed E-state index contributed by atoms with van der Waals surface area (Å²) >= 11 is 0. The van der Waals surface area contributed by atoms with Crippen LogP contribution in [0.15, 0.2) is 52.4 Å². The highest BCUT2D eigenvalue weighted by Crippen LogP contribution is 2.17. The van der Waals surface area contributed by atoms with Gasteiger partial charge in [-0.2, -0.15) is 0 Å². The standard InChI is InChI=1S/C22H31FN4O2S.HI/c1-5-24-22(25-12-13-27(3)16-18-6-9-20(23)10-7-18)26-15-19-8-11-21(17(2)14-19)30(4,28)29;/h6-11,14H,5,12-13,15-16H2,1-4H3,(H2,24,25,26);1H. The van der Waals surface area contributed by atoms with Crippen LogP contribution in [0, 0.1) is 12.7 Å². The summed E-state index contributed by atoms with van der Waals surface area (Å²) in [6.45, 7) is 7.23. The third-order valence-corrected chi connectivity index (χ3v) is 5.81. The van der Waals surface area contributed by atoms with Gasteiger partial charge in [0.05, 0.1) is 11.4 Å². The van der Waals surface area contributed by atoms with Crippen molar-refractivity contribution in [1.29, 1.82) is 0 Å². The van der Waals surface area contributed by atoms with E-state index in [-0.39, 0.29) is 29.8 Å². The largest absolute Gasteiger partial charge is 0.357 e. The number of guanidine groups is 1. The lowest BCUT2D eigenvalue weighted by Crippen LogP contribution is -2.40. The Hall–Kier alpha value is -1.72. The molecule has 0 unspecified atom stereocenters. The van der Waals surface area contributed by atoms with Gasteiger partial charge in [-0.05, 0) is 55.8 Å². The van der Waals surface area contributed by atoms with Gasteiger partial charge in [0, 0.05) is 32.4 Å². The smallest absolute Gasteiger partial charge is 0.191 e. The van der Waals surface area contributed by atoms with Crippen molar-refractivity contribution in [1.82, 2.24) is 15.5 Å². The lowest BCUT2D eigenvalue weighted by atomic mass is 10.1. The molecule has 6 nitrogen and oxygen atoms in total. The van der Waals surface area contributed by atoms with Crippen LogP contribution >= 0.6 is 24.0 Å². The molecule has 0 heterocycles. The van der Waals surface area contributed by atoms with Crippen LogP contribution in [0.5, 0.6) is 0 Å². The Kier molecular flexibility index (Phi) is 11.4. The molecule has 0 fully saturated rings. The summed E-state index contributed by atoms with van der Waals surface area (Å²) in [4.78, 5) is 7.09. The molecule has 2 N–H and O–H groups in total. The predicted molar refractivity (Wildman–Crippen MR) is 135 cm³/mol. The number of benzene rings is 2. The summed E-state index contributed by atoms with van der Waals surface area (Å²) in [6, 6.07) is 11.8. The van der Waals surface area contributed by atoms with Gasteiger partial charge in [-0.15, -0.1) is 24.0 Å². The Balaban J connectivity index is 0.00000480. The van der Waals surface area contributed by atoms with Gasteiger partial charge >= 0.3 is 0 Å². The van der Waals surface area contributed by atoms with Crippen LogP contribution in [0.2, 0.25) is 0 Å². The Morgan fingerprint density at radius 3 is 2.32 bits per heavy atom. The Morgan fingerprint density at radius 2 is 1.74 bits per heavy atom. The normalized spacial score (nSPS) is 11.9. The van der Waals surface area contributed by atoms with Crippen molar-refractivity contribution in [3.8, 4) is 0 Å². The number of likely N-dealkylation sites (N-methyl/N-ethyl adjacent to an activating group) is 1. The number of sulfone groups is 1. The first-order valence-electron chi connectivity index (χ1n) is 9.93. The first-order valence-corrected chi connectivity index (χ1v) is 11.8. The molecule has 0 aliphatic carbocycles. The second-order valence-corrected chi connectivity index (χ2v) is 9.34. The van der Waals surface area contributed by atoms with E-state index in [2.05, 4.69) is 20.5 Å². The second kappa shape index (κ2) is 13.0. The number of halogens is 2. The van der Waals surface area contributed by atoms with Crippen molar-refractivity contribution in [3.63, 3.8) is 0 Å². The molecule has 2 rings (SSSR count). The third kappa shape index (κ3) is 9.53. The van der Waals surface area contributed by atoms with Crippen molar-refractivity contribution >= 4 is 39.8 Å². The van der Waals surface area contributed by atoms with Crippen molar-refractivity contribution in [2.45, 2.75) is 31.8 Å². The van der Waals surface area contributed by atoms with Crippen molar-refractivity contribution in [2.75, 3.05) is 32.9 Å². The van der Waals surface area contributed by atoms with Crippen LogP contribution in [0.25, 0.3) is 0 Å². The number of aryl methyl sites for hydroxylation is 1. The van der Waals surface area contributed by atoms with Gasteiger partial charge in [0.2, 0.25) is 0 Å². The number of aliphatic imine (C=N–C) groups is 1. The molecule has 0 radical (unpaired) electrons. The van der Waals surface area contributed by atoms with E-state index in [1.165, 1.54) is 18.4 Å². The Labute approximate surface area is 202 Å². The van der Waals surface area contributed by atoms with Gasteiger partial charge in [0.25, 0.3) is 0 Å². The zero-order valence-corrected chi connectivity index (χ0v) is 21.6. The molecule has 0 bridgehead atoms. The molecule has 2 aromatic rings. The second-order valence-electron chi connectivity index (χ2n) is 7.36. The minimum absolute atomic E-state index is 0. The van der Waals surface area contributed by atoms with Gasteiger partial charge in [0.1, 0.15) is 5.82 Å². The van der Waals surface area contributed by atoms with E-state index in [0.29, 0.717) is 23.9 Å². The number of nitrogens with one attached hydrogen (secondary N) is 2. The van der Waals surface area contributed by atoms with Crippen LogP contribution in [0.1, 0.15) is 23.6 Å². The van der Waals surface area contributed by atoms with Crippen molar-refractivity contribution in [2.24, 2.45) is 4.99 Å². The molecule has 0 atom stereocenters. The van der Waals surface area contributed by atoms with Gasteiger partial charge in [0.15, 0.2) is 15.8 Å². The van der Waals surface area contributed by atoms with E-state index in [0.717, 1.165) is 36.3 Å². The highest BCUT2D eigenvalue weighted by Gasteiger charge is 2.10. The zero-order chi connectivity index (χ0) is 22.1. The predicted octanol–water partition coefficient (Wildman–Crippen LogP) is 3.34. The molecular weight excluding hydrogens is 530 g/mol. The fourth-order valence-electron chi connectivity index (χ4n) is 3.08. The monoisotopic (exact) mass is 562 g/mol. The molecule has 0 spiro atoms. The van der Waals surface area contributed by atoms with Crippen LogP contribution in [0.4, 0.5) is 4.39 Å². The summed E-state index contributed by atoms with van der Waals surface area (Å²) < 4.78 is 36.5. The van der Waals surface area contributed by atoms with Crippen LogP contribution in [-0.2, 0) is 22.9 Å². The summed E-state index contributed by atoms with van der Waals surface area (Å²) in [7, 11) is -1.20. The van der Waals surface area contributed by atoms with E-state index < -0.39 is 9.84 Å². The van der Waals surface area contributed by atoms with Crippen LogP contribution in [0.3, 0.4) is 0 Å². The fraction of sp³-hybridized carbons (Fsp3) is 0.409. The number of nitrogens with zero attached hydrogens (tertiary/aromatic N) is 2. The molecule has 31 heavy (non-hydrogen) atoms. The Bertz CT molecular complexity index is 966. The fourth-order valence-corrected chi connectivity index (χ4v) is 4.04. The minimum atomic E-state index is -3.22. The number of hydrogen-bond donors (Lipinski definition) is 2. The van der Waals surface area contributed by atoms with E-state index >= 15 is 0 Å². The highest BCUT2D eigenvalue weighted by molar-refractivity contribution is 14.0. The van der Waals surface area contributed by atoms with Gasteiger partial charge in [-0.3, -0.25) is 0 Å². The summed E-state index contributed by atoms with van der Waals surface area (Å²) in [5, 5.41) is 6.52.